The quantitative estimate of drug-likeness (QED) is 0.730. The lowest BCUT2D eigenvalue weighted by molar-refractivity contribution is -0.118. The van der Waals surface area contributed by atoms with Gasteiger partial charge in [0, 0.05) is 15.7 Å². The lowest BCUT2D eigenvalue weighted by Gasteiger charge is -2.10. The fourth-order valence-corrected chi connectivity index (χ4v) is 2.65. The lowest BCUT2D eigenvalue weighted by Crippen LogP contribution is -2.20. The average molecular weight is 412 g/mol. The molecular weight excluding hydrogens is 397 g/mol. The molecule has 2 rings (SSSR count). The molecule has 7 nitrogen and oxygen atoms in total. The van der Waals surface area contributed by atoms with Crippen LogP contribution in [0.3, 0.4) is 0 Å². The van der Waals surface area contributed by atoms with Gasteiger partial charge in [-0.25, -0.2) is 9.59 Å². The minimum atomic E-state index is -0.663. The zero-order chi connectivity index (χ0) is 20.0. The molecule has 0 saturated carbocycles. The summed E-state index contributed by atoms with van der Waals surface area (Å²) in [6.45, 7) is -0.380. The molecule has 1 amide bonds. The fraction of sp³-hybridized carbons (Fsp3) is 0.167. The van der Waals surface area contributed by atoms with E-state index in [-0.39, 0.29) is 23.5 Å². The van der Waals surface area contributed by atoms with Gasteiger partial charge in [-0.05, 0) is 36.4 Å². The minimum Gasteiger partial charge on any atom is -0.484 e. The monoisotopic (exact) mass is 411 g/mol. The second kappa shape index (κ2) is 9.25. The molecule has 27 heavy (non-hydrogen) atoms. The summed E-state index contributed by atoms with van der Waals surface area (Å²) >= 11 is 11.7. The summed E-state index contributed by atoms with van der Waals surface area (Å²) in [4.78, 5) is 35.5. The number of ether oxygens (including phenoxy) is 3. The van der Waals surface area contributed by atoms with Gasteiger partial charge in [-0.15, -0.1) is 0 Å². The number of hydrogen-bond acceptors (Lipinski definition) is 6. The van der Waals surface area contributed by atoms with Crippen molar-refractivity contribution in [1.29, 1.82) is 0 Å². The van der Waals surface area contributed by atoms with Crippen LogP contribution >= 0.6 is 23.2 Å². The molecule has 2 aromatic carbocycles. The normalized spacial score (nSPS) is 10.1. The van der Waals surface area contributed by atoms with Gasteiger partial charge in [0.05, 0.1) is 25.3 Å². The highest BCUT2D eigenvalue weighted by Crippen LogP contribution is 2.23. The van der Waals surface area contributed by atoms with Gasteiger partial charge in [0.2, 0.25) is 0 Å². The number of carbonyl (C=O) groups excluding carboxylic acids is 3. The van der Waals surface area contributed by atoms with E-state index in [2.05, 4.69) is 14.8 Å². The van der Waals surface area contributed by atoms with Gasteiger partial charge < -0.3 is 19.5 Å². The number of anilines is 1. The van der Waals surface area contributed by atoms with Crippen molar-refractivity contribution >= 4 is 46.7 Å². The molecule has 0 unspecified atom stereocenters. The van der Waals surface area contributed by atoms with Crippen LogP contribution in [0.1, 0.15) is 20.7 Å². The standard InChI is InChI=1S/C18H15Cl2NO6/c1-25-17(23)10-3-11(18(24)26-2)5-15(4-10)27-9-16(22)21-14-7-12(19)6-13(20)8-14/h3-8H,9H2,1-2H3,(H,21,22). The van der Waals surface area contributed by atoms with Crippen LogP contribution < -0.4 is 10.1 Å². The third-order valence-corrected chi connectivity index (χ3v) is 3.70. The van der Waals surface area contributed by atoms with Gasteiger partial charge >= 0.3 is 11.9 Å². The van der Waals surface area contributed by atoms with Gasteiger partial charge in [0.25, 0.3) is 5.91 Å². The van der Waals surface area contributed by atoms with Crippen molar-refractivity contribution in [3.63, 3.8) is 0 Å². The number of halogens is 2. The van der Waals surface area contributed by atoms with E-state index in [1.165, 1.54) is 50.6 Å². The Morgan fingerprint density at radius 1 is 0.852 bits per heavy atom. The number of methoxy groups -OCH3 is 2. The fourth-order valence-electron chi connectivity index (χ4n) is 2.13. The van der Waals surface area contributed by atoms with Crippen LogP contribution in [0.2, 0.25) is 10.0 Å². The highest BCUT2D eigenvalue weighted by Gasteiger charge is 2.15. The SMILES string of the molecule is COC(=O)c1cc(OCC(=O)Nc2cc(Cl)cc(Cl)c2)cc(C(=O)OC)c1. The van der Waals surface area contributed by atoms with Crippen molar-refractivity contribution in [2.45, 2.75) is 0 Å². The molecule has 0 spiro atoms. The molecule has 2 aromatic rings. The number of amides is 1. The van der Waals surface area contributed by atoms with Crippen molar-refractivity contribution in [3.8, 4) is 5.75 Å². The summed E-state index contributed by atoms with van der Waals surface area (Å²) < 4.78 is 14.6. The van der Waals surface area contributed by atoms with Gasteiger partial charge in [-0.3, -0.25) is 4.79 Å². The number of esters is 2. The second-order valence-electron chi connectivity index (χ2n) is 5.22. The van der Waals surface area contributed by atoms with Crippen LogP contribution in [-0.4, -0.2) is 38.7 Å². The van der Waals surface area contributed by atoms with E-state index in [0.29, 0.717) is 15.7 Å². The predicted molar refractivity (Wildman–Crippen MR) is 99.7 cm³/mol. The maximum Gasteiger partial charge on any atom is 0.338 e. The third-order valence-electron chi connectivity index (χ3n) is 3.26. The summed E-state index contributed by atoms with van der Waals surface area (Å²) in [5.41, 5.74) is 0.564. The molecule has 0 aliphatic rings. The molecule has 0 atom stereocenters. The van der Waals surface area contributed by atoms with Crippen LogP contribution in [0.5, 0.6) is 5.75 Å². The summed E-state index contributed by atoms with van der Waals surface area (Å²) in [5, 5.41) is 3.31. The van der Waals surface area contributed by atoms with E-state index >= 15 is 0 Å². The maximum absolute atomic E-state index is 12.1. The molecule has 1 N–H and O–H groups in total. The molecule has 9 heteroatoms. The number of benzene rings is 2. The van der Waals surface area contributed by atoms with Crippen LogP contribution in [-0.2, 0) is 14.3 Å². The Balaban J connectivity index is 2.12. The smallest absolute Gasteiger partial charge is 0.338 e. The van der Waals surface area contributed by atoms with Crippen molar-refractivity contribution in [3.05, 3.63) is 57.6 Å². The van der Waals surface area contributed by atoms with Gasteiger partial charge in [-0.2, -0.15) is 0 Å². The Bertz CT molecular complexity index is 830. The summed E-state index contributed by atoms with van der Waals surface area (Å²) in [6.07, 6.45) is 0. The maximum atomic E-state index is 12.1. The Morgan fingerprint density at radius 2 is 1.37 bits per heavy atom. The first-order valence-electron chi connectivity index (χ1n) is 7.53. The van der Waals surface area contributed by atoms with E-state index in [4.69, 9.17) is 27.9 Å². The molecule has 0 aliphatic carbocycles. The summed E-state index contributed by atoms with van der Waals surface area (Å²) in [5.74, 6) is -1.69. The molecule has 0 heterocycles. The number of hydrogen-bond donors (Lipinski definition) is 1. The van der Waals surface area contributed by atoms with Crippen LogP contribution in [0.15, 0.2) is 36.4 Å². The van der Waals surface area contributed by atoms with Crippen LogP contribution in [0.25, 0.3) is 0 Å². The number of carbonyl (C=O) groups is 3. The molecular formula is C18H15Cl2NO6. The molecule has 0 aromatic heterocycles. The van der Waals surface area contributed by atoms with E-state index in [9.17, 15) is 14.4 Å². The second-order valence-corrected chi connectivity index (χ2v) is 6.10. The highest BCUT2D eigenvalue weighted by atomic mass is 35.5. The van der Waals surface area contributed by atoms with Crippen molar-refractivity contribution < 1.29 is 28.6 Å². The topological polar surface area (TPSA) is 90.9 Å². The van der Waals surface area contributed by atoms with Gasteiger partial charge in [0.15, 0.2) is 6.61 Å². The van der Waals surface area contributed by atoms with Crippen molar-refractivity contribution in [2.75, 3.05) is 26.1 Å². The zero-order valence-electron chi connectivity index (χ0n) is 14.4. The molecule has 0 fully saturated rings. The summed E-state index contributed by atoms with van der Waals surface area (Å²) in [6, 6.07) is 8.58. The molecule has 0 bridgehead atoms. The Kier molecular flexibility index (Phi) is 7.04. The molecule has 0 radical (unpaired) electrons. The van der Waals surface area contributed by atoms with E-state index in [1.807, 2.05) is 0 Å². The van der Waals surface area contributed by atoms with E-state index in [1.54, 1.807) is 0 Å². The average Bonchev–Trinajstić information content (AvgIpc) is 2.63. The van der Waals surface area contributed by atoms with Gasteiger partial charge in [-0.1, -0.05) is 23.2 Å². The Hall–Kier alpha value is -2.77. The predicted octanol–water partition coefficient (Wildman–Crippen LogP) is 3.58. The van der Waals surface area contributed by atoms with Crippen LogP contribution in [0, 0.1) is 0 Å². The van der Waals surface area contributed by atoms with Crippen molar-refractivity contribution in [1.82, 2.24) is 0 Å². The van der Waals surface area contributed by atoms with Crippen molar-refractivity contribution in [2.24, 2.45) is 0 Å². The van der Waals surface area contributed by atoms with Gasteiger partial charge in [0.1, 0.15) is 5.75 Å². The lowest BCUT2D eigenvalue weighted by atomic mass is 10.1. The highest BCUT2D eigenvalue weighted by molar-refractivity contribution is 6.35. The Morgan fingerprint density at radius 3 is 1.85 bits per heavy atom. The molecule has 0 saturated heterocycles. The first-order valence-corrected chi connectivity index (χ1v) is 8.28. The molecule has 142 valence electrons. The molecule has 0 aliphatic heterocycles. The summed E-state index contributed by atoms with van der Waals surface area (Å²) in [7, 11) is 2.41. The first-order chi connectivity index (χ1) is 12.8. The van der Waals surface area contributed by atoms with E-state index < -0.39 is 17.8 Å². The largest absolute Gasteiger partial charge is 0.484 e. The van der Waals surface area contributed by atoms with Crippen LogP contribution in [0.4, 0.5) is 5.69 Å². The van der Waals surface area contributed by atoms with E-state index in [0.717, 1.165) is 0 Å². The number of rotatable bonds is 6. The minimum absolute atomic E-state index is 0.0810. The Labute approximate surface area is 165 Å². The zero-order valence-corrected chi connectivity index (χ0v) is 15.9. The first kappa shape index (κ1) is 20.5. The number of nitrogens with one attached hydrogen (secondary N) is 1. The third kappa shape index (κ3) is 5.87.